The van der Waals surface area contributed by atoms with Crippen LogP contribution in [0.4, 0.5) is 5.69 Å². The van der Waals surface area contributed by atoms with Gasteiger partial charge in [0.05, 0.1) is 31.4 Å². The number of rotatable bonds is 8. The maximum absolute atomic E-state index is 13.3. The zero-order valence-electron chi connectivity index (χ0n) is 21.5. The van der Waals surface area contributed by atoms with Crippen molar-refractivity contribution in [1.82, 2.24) is 4.90 Å². The van der Waals surface area contributed by atoms with Crippen LogP contribution in [0.5, 0.6) is 11.5 Å². The van der Waals surface area contributed by atoms with E-state index in [-0.39, 0.29) is 23.4 Å². The quantitative estimate of drug-likeness (QED) is 0.261. The summed E-state index contributed by atoms with van der Waals surface area (Å²) in [7, 11) is 6.75. The first kappa shape index (κ1) is 26.3. The summed E-state index contributed by atoms with van der Waals surface area (Å²) in [4.78, 5) is 41.2. The molecule has 196 valence electrons. The molecule has 3 aromatic carbocycles. The fourth-order valence-electron chi connectivity index (χ4n) is 4.43. The fraction of sp³-hybridized carbons (Fsp3) is 0.207. The zero-order chi connectivity index (χ0) is 27.6. The number of benzene rings is 3. The molecule has 0 bridgehead atoms. The predicted molar refractivity (Wildman–Crippen MR) is 142 cm³/mol. The first-order valence-corrected chi connectivity index (χ1v) is 11.8. The number of hydrogen-bond acceptors (Lipinski definition) is 7. The van der Waals surface area contributed by atoms with Gasteiger partial charge >= 0.3 is 5.97 Å². The topological polar surface area (TPSA) is 117 Å². The minimum atomic E-state index is -1.06. The van der Waals surface area contributed by atoms with Gasteiger partial charge in [-0.1, -0.05) is 24.3 Å². The Kier molecular flexibility index (Phi) is 7.38. The van der Waals surface area contributed by atoms with E-state index in [0.717, 1.165) is 5.69 Å². The lowest BCUT2D eigenvalue weighted by molar-refractivity contribution is -0.140. The summed E-state index contributed by atoms with van der Waals surface area (Å²) in [5, 5.41) is 20.6. The minimum Gasteiger partial charge on any atom is -0.507 e. The molecular weight excluding hydrogens is 488 g/mol. The highest BCUT2D eigenvalue weighted by Gasteiger charge is 2.46. The monoisotopic (exact) mass is 516 g/mol. The lowest BCUT2D eigenvalue weighted by atomic mass is 9.94. The Morgan fingerprint density at radius 3 is 2.03 bits per heavy atom. The summed E-state index contributed by atoms with van der Waals surface area (Å²) in [6.45, 7) is 0.0350. The van der Waals surface area contributed by atoms with Gasteiger partial charge in [-0.15, -0.1) is 0 Å². The molecule has 9 nitrogen and oxygen atoms in total. The van der Waals surface area contributed by atoms with Crippen LogP contribution in [0.15, 0.2) is 72.3 Å². The Morgan fingerprint density at radius 1 is 0.868 bits per heavy atom. The minimum absolute atomic E-state index is 0.0350. The zero-order valence-corrected chi connectivity index (χ0v) is 21.5. The van der Waals surface area contributed by atoms with Gasteiger partial charge in [0.25, 0.3) is 11.7 Å². The van der Waals surface area contributed by atoms with Crippen molar-refractivity contribution in [3.8, 4) is 11.5 Å². The van der Waals surface area contributed by atoms with E-state index in [1.165, 1.54) is 31.3 Å². The van der Waals surface area contributed by atoms with E-state index in [1.807, 2.05) is 43.3 Å². The summed E-state index contributed by atoms with van der Waals surface area (Å²) in [5.74, 6) is -2.18. The number of carbonyl (C=O) groups excluding carboxylic acids is 2. The Balaban J connectivity index is 1.84. The van der Waals surface area contributed by atoms with Crippen LogP contribution in [0.25, 0.3) is 5.76 Å². The molecular formula is C29H28N2O7. The van der Waals surface area contributed by atoms with Crippen LogP contribution >= 0.6 is 0 Å². The largest absolute Gasteiger partial charge is 0.507 e. The molecule has 3 aromatic rings. The number of ketones is 1. The van der Waals surface area contributed by atoms with E-state index in [2.05, 4.69) is 0 Å². The van der Waals surface area contributed by atoms with Gasteiger partial charge in [0.1, 0.15) is 5.76 Å². The number of ether oxygens (including phenoxy) is 2. The van der Waals surface area contributed by atoms with Crippen LogP contribution in [-0.2, 0) is 16.1 Å². The van der Waals surface area contributed by atoms with Crippen LogP contribution in [0.2, 0.25) is 0 Å². The van der Waals surface area contributed by atoms with Gasteiger partial charge in [0.2, 0.25) is 0 Å². The molecule has 0 aliphatic carbocycles. The van der Waals surface area contributed by atoms with Crippen molar-refractivity contribution in [1.29, 1.82) is 0 Å². The highest BCUT2D eigenvalue weighted by atomic mass is 16.5. The number of likely N-dealkylation sites (tertiary alicyclic amines) is 1. The first-order chi connectivity index (χ1) is 18.2. The van der Waals surface area contributed by atoms with E-state index in [4.69, 9.17) is 9.47 Å². The van der Waals surface area contributed by atoms with Crippen LogP contribution in [0.1, 0.15) is 33.1 Å². The molecule has 0 spiro atoms. The number of amides is 1. The average molecular weight is 517 g/mol. The van der Waals surface area contributed by atoms with Crippen molar-refractivity contribution in [2.75, 3.05) is 33.2 Å². The number of aliphatic hydroxyl groups excluding tert-OH is 1. The second-order valence-electron chi connectivity index (χ2n) is 8.98. The summed E-state index contributed by atoms with van der Waals surface area (Å²) in [6, 6.07) is 17.3. The molecule has 4 rings (SSSR count). The lowest BCUT2D eigenvalue weighted by Crippen LogP contribution is -2.29. The van der Waals surface area contributed by atoms with Crippen molar-refractivity contribution < 1.29 is 34.1 Å². The van der Waals surface area contributed by atoms with Gasteiger partial charge < -0.3 is 29.5 Å². The molecule has 0 aromatic heterocycles. The second kappa shape index (κ2) is 10.7. The molecule has 0 radical (unpaired) electrons. The van der Waals surface area contributed by atoms with Crippen LogP contribution < -0.4 is 14.4 Å². The summed E-state index contributed by atoms with van der Waals surface area (Å²) >= 11 is 0. The third kappa shape index (κ3) is 4.90. The maximum atomic E-state index is 13.3. The Bertz CT molecular complexity index is 1410. The van der Waals surface area contributed by atoms with Crippen molar-refractivity contribution >= 4 is 29.1 Å². The number of Topliss-reactive ketones (excluding diaryl/α,β-unsaturated/α-hetero) is 1. The van der Waals surface area contributed by atoms with Gasteiger partial charge in [0, 0.05) is 31.9 Å². The molecule has 1 aliphatic rings. The molecule has 1 fully saturated rings. The highest BCUT2D eigenvalue weighted by Crippen LogP contribution is 2.41. The van der Waals surface area contributed by atoms with Crippen molar-refractivity contribution in [2.24, 2.45) is 0 Å². The predicted octanol–water partition coefficient (Wildman–Crippen LogP) is 4.09. The van der Waals surface area contributed by atoms with Crippen molar-refractivity contribution in [3.05, 3.63) is 94.6 Å². The number of hydrogen-bond donors (Lipinski definition) is 2. The van der Waals surface area contributed by atoms with Gasteiger partial charge in [0.15, 0.2) is 11.5 Å². The van der Waals surface area contributed by atoms with Gasteiger partial charge in [-0.05, 0) is 53.6 Å². The number of aromatic carboxylic acids is 1. The van der Waals surface area contributed by atoms with Gasteiger partial charge in [-0.3, -0.25) is 9.59 Å². The molecule has 1 amide bonds. The van der Waals surface area contributed by atoms with E-state index in [1.54, 1.807) is 30.3 Å². The normalized spacial score (nSPS) is 16.4. The Labute approximate surface area is 220 Å². The van der Waals surface area contributed by atoms with E-state index < -0.39 is 23.7 Å². The third-order valence-corrected chi connectivity index (χ3v) is 6.48. The molecule has 1 aliphatic heterocycles. The number of methoxy groups -OCH3 is 2. The number of carbonyl (C=O) groups is 3. The Hall–Kier alpha value is -4.79. The van der Waals surface area contributed by atoms with Crippen molar-refractivity contribution in [2.45, 2.75) is 12.6 Å². The molecule has 1 unspecified atom stereocenters. The van der Waals surface area contributed by atoms with Crippen LogP contribution in [0, 0.1) is 0 Å². The van der Waals surface area contributed by atoms with Gasteiger partial charge in [-0.2, -0.15) is 0 Å². The fourth-order valence-corrected chi connectivity index (χ4v) is 4.43. The molecule has 9 heteroatoms. The molecule has 0 saturated carbocycles. The second-order valence-corrected chi connectivity index (χ2v) is 8.98. The van der Waals surface area contributed by atoms with E-state index in [9.17, 15) is 24.6 Å². The summed E-state index contributed by atoms with van der Waals surface area (Å²) in [5.41, 5.74) is 2.55. The SMILES string of the molecule is COc1ccc(/C(O)=C2/C(=O)C(=O)N(Cc3ccc(C(=O)O)cc3)C2c2ccc(N(C)C)cc2)cc1OC. The third-order valence-electron chi connectivity index (χ3n) is 6.48. The lowest BCUT2D eigenvalue weighted by Gasteiger charge is -2.26. The first-order valence-electron chi connectivity index (χ1n) is 11.8. The standard InChI is InChI=1S/C29H28N2O7/c1-30(2)21-12-9-18(10-13-21)25-24(26(32)20-11-14-22(37-3)23(15-20)38-4)27(33)28(34)31(25)16-17-5-7-19(8-6-17)29(35)36/h5-15,25,32H,16H2,1-4H3,(H,35,36)/b26-24-. The molecule has 1 atom stereocenters. The number of anilines is 1. The summed E-state index contributed by atoms with van der Waals surface area (Å²) in [6.07, 6.45) is 0. The van der Waals surface area contributed by atoms with Crippen LogP contribution in [-0.4, -0.2) is 61.1 Å². The summed E-state index contributed by atoms with van der Waals surface area (Å²) < 4.78 is 10.6. The smallest absolute Gasteiger partial charge is 0.335 e. The molecule has 1 saturated heterocycles. The highest BCUT2D eigenvalue weighted by molar-refractivity contribution is 6.46. The molecule has 2 N–H and O–H groups in total. The molecule has 38 heavy (non-hydrogen) atoms. The van der Waals surface area contributed by atoms with E-state index in [0.29, 0.717) is 28.2 Å². The van der Waals surface area contributed by atoms with E-state index >= 15 is 0 Å². The van der Waals surface area contributed by atoms with Gasteiger partial charge in [-0.25, -0.2) is 4.79 Å². The number of nitrogens with zero attached hydrogens (tertiary/aromatic N) is 2. The molecule has 1 heterocycles. The average Bonchev–Trinajstić information content (AvgIpc) is 3.17. The number of aliphatic hydroxyl groups is 1. The number of carboxylic acids is 1. The Morgan fingerprint density at radius 2 is 1.47 bits per heavy atom. The number of carboxylic acid groups (broad SMARTS) is 1. The van der Waals surface area contributed by atoms with Crippen LogP contribution in [0.3, 0.4) is 0 Å². The van der Waals surface area contributed by atoms with Crippen molar-refractivity contribution in [3.63, 3.8) is 0 Å². The maximum Gasteiger partial charge on any atom is 0.335 e.